The van der Waals surface area contributed by atoms with Gasteiger partial charge in [0.2, 0.25) is 5.91 Å². The van der Waals surface area contributed by atoms with Gasteiger partial charge in [0, 0.05) is 18.6 Å². The van der Waals surface area contributed by atoms with Crippen molar-refractivity contribution in [1.29, 1.82) is 0 Å². The van der Waals surface area contributed by atoms with Crippen LogP contribution in [0.2, 0.25) is 0 Å². The number of benzene rings is 1. The van der Waals surface area contributed by atoms with Crippen LogP contribution in [-0.2, 0) is 4.79 Å². The summed E-state index contributed by atoms with van der Waals surface area (Å²) < 4.78 is 5.20. The molecule has 0 spiro atoms. The molecule has 0 unspecified atom stereocenters. The Morgan fingerprint density at radius 1 is 1.33 bits per heavy atom. The van der Waals surface area contributed by atoms with Gasteiger partial charge in [-0.25, -0.2) is 0 Å². The van der Waals surface area contributed by atoms with Gasteiger partial charge < -0.3 is 20.5 Å². The maximum Gasteiger partial charge on any atom is 0.238 e. The number of amides is 1. The molecule has 0 radical (unpaired) electrons. The highest BCUT2D eigenvalue weighted by Crippen LogP contribution is 2.36. The van der Waals surface area contributed by atoms with Crippen molar-refractivity contribution >= 4 is 11.6 Å². The molecule has 5 heteroatoms. The number of nitrogens with one attached hydrogen (secondary N) is 2. The van der Waals surface area contributed by atoms with E-state index >= 15 is 0 Å². The maximum atomic E-state index is 12.0. The third kappa shape index (κ3) is 4.19. The van der Waals surface area contributed by atoms with Crippen LogP contribution < -0.4 is 15.4 Å². The van der Waals surface area contributed by atoms with Crippen molar-refractivity contribution in [2.24, 2.45) is 5.41 Å². The maximum absolute atomic E-state index is 12.0. The summed E-state index contributed by atoms with van der Waals surface area (Å²) >= 11 is 0. The molecule has 116 valence electrons. The number of methoxy groups -OCH3 is 1. The lowest BCUT2D eigenvalue weighted by Crippen LogP contribution is -2.38. The zero-order valence-corrected chi connectivity index (χ0v) is 12.5. The first-order valence-electron chi connectivity index (χ1n) is 7.43. The van der Waals surface area contributed by atoms with Gasteiger partial charge in [0.05, 0.1) is 19.3 Å². The average molecular weight is 292 g/mol. The van der Waals surface area contributed by atoms with E-state index in [1.165, 1.54) is 0 Å². The van der Waals surface area contributed by atoms with Gasteiger partial charge in [0.1, 0.15) is 5.75 Å². The second kappa shape index (κ2) is 7.43. The topological polar surface area (TPSA) is 70.6 Å². The molecule has 2 rings (SSSR count). The van der Waals surface area contributed by atoms with Crippen LogP contribution in [0.4, 0.5) is 5.69 Å². The van der Waals surface area contributed by atoms with E-state index < -0.39 is 0 Å². The second-order valence-corrected chi connectivity index (χ2v) is 5.72. The molecule has 0 aliphatic heterocycles. The predicted molar refractivity (Wildman–Crippen MR) is 82.5 cm³/mol. The Kier molecular flexibility index (Phi) is 5.59. The quantitative estimate of drug-likeness (QED) is 0.716. The van der Waals surface area contributed by atoms with E-state index in [9.17, 15) is 9.90 Å². The van der Waals surface area contributed by atoms with Crippen LogP contribution in [0.1, 0.15) is 25.7 Å². The first kappa shape index (κ1) is 15.8. The summed E-state index contributed by atoms with van der Waals surface area (Å²) in [5.41, 5.74) is 0.634. The van der Waals surface area contributed by atoms with Crippen molar-refractivity contribution in [2.45, 2.75) is 25.7 Å². The highest BCUT2D eigenvalue weighted by molar-refractivity contribution is 5.93. The summed E-state index contributed by atoms with van der Waals surface area (Å²) in [6, 6.07) is 7.33. The molecular weight excluding hydrogens is 268 g/mol. The molecule has 21 heavy (non-hydrogen) atoms. The van der Waals surface area contributed by atoms with E-state index in [1.807, 2.05) is 24.3 Å². The summed E-state index contributed by atoms with van der Waals surface area (Å²) in [5, 5.41) is 15.5. The smallest absolute Gasteiger partial charge is 0.238 e. The van der Waals surface area contributed by atoms with E-state index in [0.717, 1.165) is 25.7 Å². The zero-order valence-electron chi connectivity index (χ0n) is 12.5. The number of carbonyl (C=O) groups excluding carboxylic acids is 1. The van der Waals surface area contributed by atoms with Crippen LogP contribution >= 0.6 is 0 Å². The van der Waals surface area contributed by atoms with Gasteiger partial charge in [-0.1, -0.05) is 25.0 Å². The number of para-hydroxylation sites is 2. The van der Waals surface area contributed by atoms with Crippen molar-refractivity contribution < 1.29 is 14.6 Å². The lowest BCUT2D eigenvalue weighted by atomic mass is 9.87. The summed E-state index contributed by atoms with van der Waals surface area (Å²) in [7, 11) is 1.58. The Bertz CT molecular complexity index is 470. The van der Waals surface area contributed by atoms with Crippen molar-refractivity contribution in [2.75, 3.05) is 32.1 Å². The van der Waals surface area contributed by atoms with Gasteiger partial charge in [-0.15, -0.1) is 0 Å². The van der Waals surface area contributed by atoms with E-state index in [-0.39, 0.29) is 24.5 Å². The van der Waals surface area contributed by atoms with Crippen LogP contribution in [0.5, 0.6) is 5.75 Å². The van der Waals surface area contributed by atoms with Crippen molar-refractivity contribution in [3.05, 3.63) is 24.3 Å². The number of hydrogen-bond donors (Lipinski definition) is 3. The lowest BCUT2D eigenvalue weighted by Gasteiger charge is -2.26. The molecule has 3 N–H and O–H groups in total. The van der Waals surface area contributed by atoms with E-state index in [2.05, 4.69) is 10.6 Å². The van der Waals surface area contributed by atoms with Crippen LogP contribution in [0.25, 0.3) is 0 Å². The summed E-state index contributed by atoms with van der Waals surface area (Å²) in [4.78, 5) is 12.0. The minimum absolute atomic E-state index is 0.0370. The Morgan fingerprint density at radius 3 is 2.71 bits per heavy atom. The van der Waals surface area contributed by atoms with Gasteiger partial charge in [-0.2, -0.15) is 0 Å². The fraction of sp³-hybridized carbons (Fsp3) is 0.562. The number of rotatable bonds is 7. The fourth-order valence-electron chi connectivity index (χ4n) is 2.90. The van der Waals surface area contributed by atoms with E-state index in [0.29, 0.717) is 18.0 Å². The Morgan fingerprint density at radius 2 is 2.05 bits per heavy atom. The second-order valence-electron chi connectivity index (χ2n) is 5.72. The number of anilines is 1. The SMILES string of the molecule is COc1ccccc1NC(=O)CNCC1(CO)CCCC1. The molecule has 1 saturated carbocycles. The van der Waals surface area contributed by atoms with Gasteiger partial charge in [-0.3, -0.25) is 4.79 Å². The number of carbonyl (C=O) groups is 1. The molecule has 5 nitrogen and oxygen atoms in total. The Hall–Kier alpha value is -1.59. The van der Waals surface area contributed by atoms with Crippen molar-refractivity contribution in [3.8, 4) is 5.75 Å². The molecule has 0 atom stereocenters. The third-order valence-electron chi connectivity index (χ3n) is 4.17. The number of aliphatic hydroxyl groups excluding tert-OH is 1. The van der Waals surface area contributed by atoms with Gasteiger partial charge in [-0.05, 0) is 25.0 Å². The minimum atomic E-state index is -0.106. The number of hydrogen-bond acceptors (Lipinski definition) is 4. The Balaban J connectivity index is 1.79. The van der Waals surface area contributed by atoms with Gasteiger partial charge in [0.25, 0.3) is 0 Å². The minimum Gasteiger partial charge on any atom is -0.495 e. The van der Waals surface area contributed by atoms with Crippen LogP contribution in [-0.4, -0.2) is 37.8 Å². The monoisotopic (exact) mass is 292 g/mol. The van der Waals surface area contributed by atoms with Crippen LogP contribution in [0, 0.1) is 5.41 Å². The molecule has 1 aliphatic carbocycles. The first-order chi connectivity index (χ1) is 10.2. The molecule has 1 aromatic carbocycles. The lowest BCUT2D eigenvalue weighted by molar-refractivity contribution is -0.115. The largest absolute Gasteiger partial charge is 0.495 e. The summed E-state index contributed by atoms with van der Waals surface area (Å²) in [6.45, 7) is 1.11. The number of ether oxygens (including phenoxy) is 1. The molecule has 1 aliphatic rings. The average Bonchev–Trinajstić information content (AvgIpc) is 2.97. The molecule has 0 bridgehead atoms. The molecule has 1 aromatic rings. The Labute approximate surface area is 125 Å². The highest BCUT2D eigenvalue weighted by atomic mass is 16.5. The molecule has 1 amide bonds. The first-order valence-corrected chi connectivity index (χ1v) is 7.43. The van der Waals surface area contributed by atoms with Crippen LogP contribution in [0.3, 0.4) is 0 Å². The third-order valence-corrected chi connectivity index (χ3v) is 4.17. The van der Waals surface area contributed by atoms with E-state index in [4.69, 9.17) is 4.74 Å². The molecule has 0 heterocycles. The number of aliphatic hydroxyl groups is 1. The van der Waals surface area contributed by atoms with Crippen LogP contribution in [0.15, 0.2) is 24.3 Å². The van der Waals surface area contributed by atoms with Gasteiger partial charge in [0.15, 0.2) is 0 Å². The van der Waals surface area contributed by atoms with Crippen molar-refractivity contribution in [3.63, 3.8) is 0 Å². The van der Waals surface area contributed by atoms with Gasteiger partial charge >= 0.3 is 0 Å². The van der Waals surface area contributed by atoms with Crippen molar-refractivity contribution in [1.82, 2.24) is 5.32 Å². The standard InChI is InChI=1S/C16H24N2O3/c1-21-14-7-3-2-6-13(14)18-15(20)10-17-11-16(12-19)8-4-5-9-16/h2-3,6-7,17,19H,4-5,8-12H2,1H3,(H,18,20). The molecule has 1 fully saturated rings. The van der Waals surface area contributed by atoms with E-state index in [1.54, 1.807) is 7.11 Å². The summed E-state index contributed by atoms with van der Waals surface area (Å²) in [6.07, 6.45) is 4.39. The fourth-order valence-corrected chi connectivity index (χ4v) is 2.90. The predicted octanol–water partition coefficient (Wildman–Crippen LogP) is 1.78. The molecular formula is C16H24N2O3. The highest BCUT2D eigenvalue weighted by Gasteiger charge is 2.32. The molecule has 0 saturated heterocycles. The normalized spacial score (nSPS) is 16.7. The molecule has 0 aromatic heterocycles. The summed E-state index contributed by atoms with van der Waals surface area (Å²) in [5.74, 6) is 0.541. The zero-order chi connectivity index (χ0) is 15.1.